The number of nitrogens with one attached hydrogen (secondary N) is 1. The third kappa shape index (κ3) is 2.63. The summed E-state index contributed by atoms with van der Waals surface area (Å²) in [6.07, 6.45) is 0. The largest absolute Gasteiger partial charge is 0.366 e. The van der Waals surface area contributed by atoms with Gasteiger partial charge in [-0.1, -0.05) is 18.2 Å². The summed E-state index contributed by atoms with van der Waals surface area (Å²) in [6.45, 7) is 4.04. The van der Waals surface area contributed by atoms with E-state index in [9.17, 15) is 4.79 Å². The van der Waals surface area contributed by atoms with Gasteiger partial charge in [-0.25, -0.2) is 0 Å². The fraction of sp³-hybridized carbons (Fsp3) is 0.111. The van der Waals surface area contributed by atoms with Crippen molar-refractivity contribution < 1.29 is 4.79 Å². The third-order valence-electron chi connectivity index (χ3n) is 3.62. The Balaban J connectivity index is 2.03. The Morgan fingerprint density at radius 1 is 1.09 bits per heavy atom. The second kappa shape index (κ2) is 5.48. The summed E-state index contributed by atoms with van der Waals surface area (Å²) >= 11 is 0. The van der Waals surface area contributed by atoms with E-state index in [2.05, 4.69) is 29.4 Å². The van der Waals surface area contributed by atoms with Crippen molar-refractivity contribution in [3.63, 3.8) is 0 Å². The van der Waals surface area contributed by atoms with Gasteiger partial charge in [-0.05, 0) is 49.7 Å². The van der Waals surface area contributed by atoms with Crippen molar-refractivity contribution in [3.8, 4) is 0 Å². The Kier molecular flexibility index (Phi) is 3.51. The summed E-state index contributed by atoms with van der Waals surface area (Å²) in [5.41, 5.74) is 10.8. The summed E-state index contributed by atoms with van der Waals surface area (Å²) in [7, 11) is 0. The maximum atomic E-state index is 11.1. The second-order valence-electron chi connectivity index (χ2n) is 5.35. The summed E-state index contributed by atoms with van der Waals surface area (Å²) in [5.74, 6) is -0.424. The maximum absolute atomic E-state index is 11.1. The smallest absolute Gasteiger partial charge is 0.248 e. The Morgan fingerprint density at radius 2 is 1.82 bits per heavy atom. The van der Waals surface area contributed by atoms with Gasteiger partial charge in [0, 0.05) is 28.0 Å². The van der Waals surface area contributed by atoms with Gasteiger partial charge in [0.05, 0.1) is 5.52 Å². The molecule has 0 atom stereocenters. The van der Waals surface area contributed by atoms with Crippen LogP contribution in [0.2, 0.25) is 0 Å². The molecule has 1 amide bonds. The summed E-state index contributed by atoms with van der Waals surface area (Å²) in [5, 5.41) is 4.46. The Labute approximate surface area is 129 Å². The first-order chi connectivity index (χ1) is 10.5. The van der Waals surface area contributed by atoms with Crippen LogP contribution in [-0.4, -0.2) is 10.9 Å². The first kappa shape index (κ1) is 14.1. The minimum Gasteiger partial charge on any atom is -0.366 e. The second-order valence-corrected chi connectivity index (χ2v) is 5.35. The predicted molar refractivity (Wildman–Crippen MR) is 89.5 cm³/mol. The molecule has 1 aromatic heterocycles. The molecule has 0 spiro atoms. The number of pyridine rings is 1. The normalized spacial score (nSPS) is 10.6. The SMILES string of the molecule is Cc1cc(Nc2ccc(C(N)=O)cc2)c2cccc(C)c2n1. The van der Waals surface area contributed by atoms with Crippen LogP contribution in [0, 0.1) is 13.8 Å². The number of primary amides is 1. The van der Waals surface area contributed by atoms with Gasteiger partial charge in [-0.15, -0.1) is 0 Å². The number of carbonyl (C=O) groups is 1. The molecular weight excluding hydrogens is 274 g/mol. The number of hydrogen-bond donors (Lipinski definition) is 2. The van der Waals surface area contributed by atoms with Gasteiger partial charge in [0.2, 0.25) is 5.91 Å². The Hall–Kier alpha value is -2.88. The van der Waals surface area contributed by atoms with Gasteiger partial charge >= 0.3 is 0 Å². The molecule has 0 aliphatic rings. The van der Waals surface area contributed by atoms with Gasteiger partial charge < -0.3 is 11.1 Å². The molecule has 3 rings (SSSR count). The van der Waals surface area contributed by atoms with Crippen molar-refractivity contribution in [2.45, 2.75) is 13.8 Å². The number of carbonyl (C=O) groups excluding carboxylic acids is 1. The van der Waals surface area contributed by atoms with Gasteiger partial charge in [-0.2, -0.15) is 0 Å². The molecule has 0 bridgehead atoms. The summed E-state index contributed by atoms with van der Waals surface area (Å²) in [4.78, 5) is 15.7. The molecule has 110 valence electrons. The van der Waals surface area contributed by atoms with Crippen LogP contribution < -0.4 is 11.1 Å². The first-order valence-corrected chi connectivity index (χ1v) is 7.08. The topological polar surface area (TPSA) is 68.0 Å². The van der Waals surface area contributed by atoms with Crippen molar-refractivity contribution in [1.29, 1.82) is 0 Å². The average Bonchev–Trinajstić information content (AvgIpc) is 2.49. The molecule has 4 nitrogen and oxygen atoms in total. The maximum Gasteiger partial charge on any atom is 0.248 e. The van der Waals surface area contributed by atoms with Crippen LogP contribution in [0.5, 0.6) is 0 Å². The zero-order valence-corrected chi connectivity index (χ0v) is 12.6. The molecule has 1 heterocycles. The van der Waals surface area contributed by atoms with Crippen molar-refractivity contribution in [3.05, 3.63) is 65.4 Å². The molecule has 2 aromatic carbocycles. The molecule has 0 radical (unpaired) electrons. The molecule has 3 N–H and O–H groups in total. The number of para-hydroxylation sites is 1. The molecule has 0 aliphatic heterocycles. The van der Waals surface area contributed by atoms with E-state index >= 15 is 0 Å². The monoisotopic (exact) mass is 291 g/mol. The fourth-order valence-corrected chi connectivity index (χ4v) is 2.50. The molecule has 0 saturated heterocycles. The van der Waals surface area contributed by atoms with Crippen LogP contribution >= 0.6 is 0 Å². The van der Waals surface area contributed by atoms with E-state index in [4.69, 9.17) is 5.73 Å². The summed E-state index contributed by atoms with van der Waals surface area (Å²) < 4.78 is 0. The number of amides is 1. The van der Waals surface area contributed by atoms with E-state index in [1.807, 2.05) is 31.2 Å². The lowest BCUT2D eigenvalue weighted by Gasteiger charge is -2.12. The average molecular weight is 291 g/mol. The van der Waals surface area contributed by atoms with Gasteiger partial charge in [0.25, 0.3) is 0 Å². The van der Waals surface area contributed by atoms with E-state index in [1.54, 1.807) is 12.1 Å². The number of benzene rings is 2. The molecule has 0 saturated carbocycles. The van der Waals surface area contributed by atoms with Crippen molar-refractivity contribution in [2.24, 2.45) is 5.73 Å². The van der Waals surface area contributed by atoms with Gasteiger partial charge in [-0.3, -0.25) is 9.78 Å². The molecular formula is C18H17N3O. The van der Waals surface area contributed by atoms with E-state index in [0.717, 1.165) is 33.5 Å². The number of nitrogens with two attached hydrogens (primary N) is 1. The number of rotatable bonds is 3. The number of hydrogen-bond acceptors (Lipinski definition) is 3. The van der Waals surface area contributed by atoms with Gasteiger partial charge in [0.1, 0.15) is 0 Å². The highest BCUT2D eigenvalue weighted by atomic mass is 16.1. The lowest BCUT2D eigenvalue weighted by molar-refractivity contribution is 0.100. The molecule has 0 aliphatic carbocycles. The van der Waals surface area contributed by atoms with Gasteiger partial charge in [0.15, 0.2) is 0 Å². The van der Waals surface area contributed by atoms with E-state index < -0.39 is 5.91 Å². The van der Waals surface area contributed by atoms with Crippen LogP contribution in [0.25, 0.3) is 10.9 Å². The van der Waals surface area contributed by atoms with E-state index in [1.165, 1.54) is 0 Å². The zero-order chi connectivity index (χ0) is 15.7. The molecule has 22 heavy (non-hydrogen) atoms. The number of anilines is 2. The fourth-order valence-electron chi connectivity index (χ4n) is 2.50. The highest BCUT2D eigenvalue weighted by Gasteiger charge is 2.07. The number of nitrogens with zero attached hydrogens (tertiary/aromatic N) is 1. The minimum atomic E-state index is -0.424. The lowest BCUT2D eigenvalue weighted by Crippen LogP contribution is -2.10. The number of aryl methyl sites for hydroxylation is 2. The molecule has 0 fully saturated rings. The number of aromatic nitrogens is 1. The molecule has 0 unspecified atom stereocenters. The van der Waals surface area contributed by atoms with Crippen LogP contribution in [0.1, 0.15) is 21.6 Å². The third-order valence-corrected chi connectivity index (χ3v) is 3.62. The quantitative estimate of drug-likeness (QED) is 0.773. The predicted octanol–water partition coefficient (Wildman–Crippen LogP) is 3.69. The van der Waals surface area contributed by atoms with Crippen molar-refractivity contribution in [1.82, 2.24) is 4.98 Å². The highest BCUT2D eigenvalue weighted by Crippen LogP contribution is 2.28. The van der Waals surface area contributed by atoms with Crippen molar-refractivity contribution in [2.75, 3.05) is 5.32 Å². The van der Waals surface area contributed by atoms with Crippen LogP contribution in [0.4, 0.5) is 11.4 Å². The molecule has 4 heteroatoms. The zero-order valence-electron chi connectivity index (χ0n) is 12.6. The van der Waals surface area contributed by atoms with Crippen LogP contribution in [0.3, 0.4) is 0 Å². The standard InChI is InChI=1S/C18H17N3O/c1-11-4-3-5-15-16(10-12(2)20-17(11)15)21-14-8-6-13(7-9-14)18(19)22/h3-10H,1-2H3,(H2,19,22)(H,20,21). The highest BCUT2D eigenvalue weighted by molar-refractivity contribution is 5.96. The minimum absolute atomic E-state index is 0.424. The van der Waals surface area contributed by atoms with Crippen molar-refractivity contribution >= 4 is 28.2 Å². The first-order valence-electron chi connectivity index (χ1n) is 7.08. The number of fused-ring (bicyclic) bond motifs is 1. The summed E-state index contributed by atoms with van der Waals surface area (Å²) in [6, 6.07) is 15.3. The Bertz CT molecular complexity index is 854. The van der Waals surface area contributed by atoms with E-state index in [-0.39, 0.29) is 0 Å². The lowest BCUT2D eigenvalue weighted by atomic mass is 10.1. The molecule has 3 aromatic rings. The van der Waals surface area contributed by atoms with Crippen LogP contribution in [0.15, 0.2) is 48.5 Å². The Morgan fingerprint density at radius 3 is 2.50 bits per heavy atom. The van der Waals surface area contributed by atoms with E-state index in [0.29, 0.717) is 5.56 Å². The van der Waals surface area contributed by atoms with Crippen LogP contribution in [-0.2, 0) is 0 Å².